The summed E-state index contributed by atoms with van der Waals surface area (Å²) in [6, 6.07) is 1.66. The fourth-order valence-corrected chi connectivity index (χ4v) is 5.72. The minimum atomic E-state index is -3.44. The van der Waals surface area contributed by atoms with Crippen LogP contribution in [0.5, 0.6) is 0 Å². The summed E-state index contributed by atoms with van der Waals surface area (Å²) in [6.45, 7) is 3.24. The number of thiophene rings is 1. The van der Waals surface area contributed by atoms with Gasteiger partial charge in [-0.1, -0.05) is 0 Å². The first-order chi connectivity index (χ1) is 8.45. The maximum Gasteiger partial charge on any atom is 0.244 e. The quantitative estimate of drug-likeness (QED) is 0.849. The summed E-state index contributed by atoms with van der Waals surface area (Å²) in [5, 5.41) is 0. The third-order valence-electron chi connectivity index (χ3n) is 2.82. The lowest BCUT2D eigenvalue weighted by atomic mass is 10.3. The summed E-state index contributed by atoms with van der Waals surface area (Å²) in [5.41, 5.74) is 5.53. The van der Waals surface area contributed by atoms with Crippen molar-refractivity contribution in [3.8, 4) is 0 Å². The molecule has 9 heteroatoms. The van der Waals surface area contributed by atoms with Gasteiger partial charge in [0.1, 0.15) is 0 Å². The summed E-state index contributed by atoms with van der Waals surface area (Å²) in [6.07, 6.45) is -0.212. The number of halogens is 2. The summed E-state index contributed by atoms with van der Waals surface area (Å²) in [5.74, 6) is 0. The van der Waals surface area contributed by atoms with Gasteiger partial charge in [0.05, 0.1) is 21.4 Å². The molecule has 2 N–H and O–H groups in total. The molecular formula is C10H16BrClN2O3S2. The molecule has 2 rings (SSSR count). The number of ether oxygens (including phenoxy) is 1. The van der Waals surface area contributed by atoms with Crippen LogP contribution in [0, 0.1) is 6.92 Å². The topological polar surface area (TPSA) is 72.6 Å². The molecule has 0 aromatic carbocycles. The highest BCUT2D eigenvalue weighted by atomic mass is 79.9. The van der Waals surface area contributed by atoms with Gasteiger partial charge in [-0.2, -0.15) is 4.31 Å². The molecule has 1 aliphatic rings. The standard InChI is InChI=1S/C10H15BrN2O3S2.ClH/c1-7-9(4-10(11)17-7)18(14,15)13-2-3-16-8(5-12)6-13;/h4,8H,2-3,5-6,12H2,1H3;1H. The Bertz CT molecular complexity index is 535. The van der Waals surface area contributed by atoms with Crippen molar-refractivity contribution in [3.63, 3.8) is 0 Å². The van der Waals surface area contributed by atoms with Crippen LogP contribution in [0.15, 0.2) is 14.7 Å². The molecule has 1 fully saturated rings. The lowest BCUT2D eigenvalue weighted by molar-refractivity contribution is 0.00450. The molecule has 0 aliphatic carbocycles. The van der Waals surface area contributed by atoms with Crippen LogP contribution in [0.25, 0.3) is 0 Å². The Morgan fingerprint density at radius 2 is 2.32 bits per heavy atom. The third-order valence-corrected chi connectivity index (χ3v) is 6.50. The van der Waals surface area contributed by atoms with Crippen molar-refractivity contribution in [3.05, 3.63) is 14.7 Å². The van der Waals surface area contributed by atoms with Crippen molar-refractivity contribution < 1.29 is 13.2 Å². The predicted octanol–water partition coefficient (Wildman–Crippen LogP) is 1.59. The fourth-order valence-electron chi connectivity index (χ4n) is 1.88. The number of morpholine rings is 1. The van der Waals surface area contributed by atoms with E-state index in [1.165, 1.54) is 15.6 Å². The zero-order valence-corrected chi connectivity index (χ0v) is 14.4. The molecule has 1 saturated heterocycles. The Morgan fingerprint density at radius 1 is 1.63 bits per heavy atom. The van der Waals surface area contributed by atoms with Gasteiger partial charge in [0, 0.05) is 24.5 Å². The molecule has 1 aromatic rings. The van der Waals surface area contributed by atoms with Crippen molar-refractivity contribution in [1.82, 2.24) is 4.31 Å². The second-order valence-electron chi connectivity index (χ2n) is 4.06. The molecule has 2 heterocycles. The van der Waals surface area contributed by atoms with E-state index >= 15 is 0 Å². The van der Waals surface area contributed by atoms with Crippen molar-refractivity contribution >= 4 is 49.7 Å². The molecule has 0 amide bonds. The van der Waals surface area contributed by atoms with Crippen LogP contribution in [-0.2, 0) is 14.8 Å². The Balaban J connectivity index is 0.00000180. The van der Waals surface area contributed by atoms with Crippen LogP contribution in [0.3, 0.4) is 0 Å². The lowest BCUT2D eigenvalue weighted by Gasteiger charge is -2.31. The van der Waals surface area contributed by atoms with E-state index in [9.17, 15) is 8.42 Å². The van der Waals surface area contributed by atoms with E-state index in [1.54, 1.807) is 6.07 Å². The first-order valence-electron chi connectivity index (χ1n) is 5.53. The second-order valence-corrected chi connectivity index (χ2v) is 8.60. The van der Waals surface area contributed by atoms with Gasteiger partial charge in [0.2, 0.25) is 10.0 Å². The summed E-state index contributed by atoms with van der Waals surface area (Å²) in [4.78, 5) is 1.16. The van der Waals surface area contributed by atoms with E-state index < -0.39 is 10.0 Å². The van der Waals surface area contributed by atoms with E-state index in [2.05, 4.69) is 15.9 Å². The molecule has 19 heavy (non-hydrogen) atoms. The Kier molecular flexibility index (Phi) is 6.25. The molecule has 1 aliphatic heterocycles. The average molecular weight is 392 g/mol. The van der Waals surface area contributed by atoms with Crippen molar-refractivity contribution in [2.75, 3.05) is 26.2 Å². The highest BCUT2D eigenvalue weighted by Gasteiger charge is 2.32. The molecule has 1 unspecified atom stereocenters. The van der Waals surface area contributed by atoms with Gasteiger partial charge in [-0.15, -0.1) is 23.7 Å². The number of nitrogens with two attached hydrogens (primary N) is 1. The zero-order valence-electron chi connectivity index (χ0n) is 10.3. The maximum atomic E-state index is 12.5. The number of nitrogens with zero attached hydrogens (tertiary/aromatic N) is 1. The number of sulfonamides is 1. The molecule has 0 radical (unpaired) electrons. The number of hydrogen-bond donors (Lipinski definition) is 1. The molecule has 110 valence electrons. The zero-order chi connectivity index (χ0) is 13.3. The van der Waals surface area contributed by atoms with Gasteiger partial charge in [-0.3, -0.25) is 0 Å². The second kappa shape index (κ2) is 6.84. The van der Waals surface area contributed by atoms with Gasteiger partial charge in [0.25, 0.3) is 0 Å². The van der Waals surface area contributed by atoms with Crippen LogP contribution < -0.4 is 5.73 Å². The predicted molar refractivity (Wildman–Crippen MR) is 81.6 cm³/mol. The molecule has 1 atom stereocenters. The smallest absolute Gasteiger partial charge is 0.244 e. The Labute approximate surface area is 131 Å². The highest BCUT2D eigenvalue weighted by molar-refractivity contribution is 9.11. The molecule has 1 aromatic heterocycles. The molecular weight excluding hydrogens is 376 g/mol. The third kappa shape index (κ3) is 3.69. The largest absolute Gasteiger partial charge is 0.374 e. The first-order valence-corrected chi connectivity index (χ1v) is 8.58. The van der Waals surface area contributed by atoms with E-state index in [0.717, 1.165) is 8.66 Å². The van der Waals surface area contributed by atoms with Crippen LogP contribution in [0.1, 0.15) is 4.88 Å². The SMILES string of the molecule is Cc1sc(Br)cc1S(=O)(=O)N1CCOC(CN)C1.Cl. The highest BCUT2D eigenvalue weighted by Crippen LogP contribution is 2.32. The molecule has 0 saturated carbocycles. The van der Waals surface area contributed by atoms with Crippen LogP contribution in [0.4, 0.5) is 0 Å². The van der Waals surface area contributed by atoms with E-state index in [0.29, 0.717) is 31.1 Å². The van der Waals surface area contributed by atoms with Gasteiger partial charge in [0.15, 0.2) is 0 Å². The van der Waals surface area contributed by atoms with Gasteiger partial charge < -0.3 is 10.5 Å². The van der Waals surface area contributed by atoms with E-state index in [1.807, 2.05) is 6.92 Å². The normalized spacial score (nSPS) is 21.1. The van der Waals surface area contributed by atoms with E-state index in [4.69, 9.17) is 10.5 Å². The Morgan fingerprint density at radius 3 is 2.84 bits per heavy atom. The molecule has 0 spiro atoms. The number of rotatable bonds is 3. The van der Waals surface area contributed by atoms with Crippen LogP contribution >= 0.6 is 39.7 Å². The number of aryl methyl sites for hydroxylation is 1. The van der Waals surface area contributed by atoms with Gasteiger partial charge in [-0.25, -0.2) is 8.42 Å². The van der Waals surface area contributed by atoms with Crippen molar-refractivity contribution in [2.24, 2.45) is 5.73 Å². The minimum Gasteiger partial charge on any atom is -0.374 e. The van der Waals surface area contributed by atoms with Crippen molar-refractivity contribution in [2.45, 2.75) is 17.9 Å². The lowest BCUT2D eigenvalue weighted by Crippen LogP contribution is -2.48. The van der Waals surface area contributed by atoms with E-state index in [-0.39, 0.29) is 18.5 Å². The van der Waals surface area contributed by atoms with Crippen LogP contribution in [-0.4, -0.2) is 45.1 Å². The first kappa shape index (κ1) is 17.4. The monoisotopic (exact) mass is 390 g/mol. The van der Waals surface area contributed by atoms with Gasteiger partial charge >= 0.3 is 0 Å². The molecule has 0 bridgehead atoms. The number of hydrogen-bond acceptors (Lipinski definition) is 5. The minimum absolute atomic E-state index is 0. The maximum absolute atomic E-state index is 12.5. The summed E-state index contributed by atoms with van der Waals surface area (Å²) >= 11 is 4.74. The van der Waals surface area contributed by atoms with Gasteiger partial charge in [-0.05, 0) is 28.9 Å². The van der Waals surface area contributed by atoms with Crippen LogP contribution in [0.2, 0.25) is 0 Å². The van der Waals surface area contributed by atoms with Crippen molar-refractivity contribution in [1.29, 1.82) is 0 Å². The summed E-state index contributed by atoms with van der Waals surface area (Å²) in [7, 11) is -3.44. The summed E-state index contributed by atoms with van der Waals surface area (Å²) < 4.78 is 32.7. The fraction of sp³-hybridized carbons (Fsp3) is 0.600. The average Bonchev–Trinajstić information content (AvgIpc) is 2.69. The Hall–Kier alpha value is 0.300. The molecule has 5 nitrogen and oxygen atoms in total.